The Bertz CT molecular complexity index is 1210. The minimum absolute atomic E-state index is 0.297. The Morgan fingerprint density at radius 3 is 2.83 bits per heavy atom. The maximum Gasteiger partial charge on any atom is 0.402 e. The van der Waals surface area contributed by atoms with Crippen LogP contribution < -0.4 is 10.3 Å². The van der Waals surface area contributed by atoms with Gasteiger partial charge in [0.15, 0.2) is 17.8 Å². The molecule has 2 aromatic carbocycles. The van der Waals surface area contributed by atoms with Crippen molar-refractivity contribution in [2.45, 2.75) is 19.6 Å². The zero-order valence-corrected chi connectivity index (χ0v) is 16.6. The van der Waals surface area contributed by atoms with Crippen LogP contribution in [0.25, 0.3) is 21.9 Å². The zero-order valence-electron chi connectivity index (χ0n) is 15.7. The van der Waals surface area contributed by atoms with Crippen molar-refractivity contribution >= 4 is 35.3 Å². The quantitative estimate of drug-likeness (QED) is 0.443. The van der Waals surface area contributed by atoms with E-state index in [0.717, 1.165) is 10.8 Å². The van der Waals surface area contributed by atoms with Gasteiger partial charge in [-0.3, -0.25) is 0 Å². The molecule has 0 aliphatic heterocycles. The summed E-state index contributed by atoms with van der Waals surface area (Å²) < 4.78 is 25.3. The first kappa shape index (κ1) is 19.3. The van der Waals surface area contributed by atoms with Crippen LogP contribution in [-0.4, -0.2) is 36.9 Å². The SMILES string of the molecule is C[C@H](Cn1cnc2c(N)ncnc21)OCP(=O)(O)Oc1cccc2ccccc12. The highest BCUT2D eigenvalue weighted by atomic mass is 31.2. The molecular formula is C19H20N5O4P. The lowest BCUT2D eigenvalue weighted by atomic mass is 10.1. The minimum atomic E-state index is -4.01. The van der Waals surface area contributed by atoms with Gasteiger partial charge < -0.3 is 24.5 Å². The maximum absolute atomic E-state index is 12.5. The van der Waals surface area contributed by atoms with Gasteiger partial charge in [0.05, 0.1) is 19.0 Å². The second-order valence-electron chi connectivity index (χ2n) is 6.64. The van der Waals surface area contributed by atoms with Gasteiger partial charge in [0, 0.05) is 5.39 Å². The Hall–Kier alpha value is -3.00. The first-order chi connectivity index (χ1) is 13.9. The Morgan fingerprint density at radius 1 is 1.17 bits per heavy atom. The van der Waals surface area contributed by atoms with Crippen LogP contribution in [0, 0.1) is 0 Å². The molecule has 1 unspecified atom stereocenters. The summed E-state index contributed by atoms with van der Waals surface area (Å²) in [6.45, 7) is 2.16. The average molecular weight is 413 g/mol. The highest BCUT2D eigenvalue weighted by Crippen LogP contribution is 2.44. The van der Waals surface area contributed by atoms with E-state index < -0.39 is 13.9 Å². The monoisotopic (exact) mass is 413 g/mol. The zero-order chi connectivity index (χ0) is 20.4. The summed E-state index contributed by atoms with van der Waals surface area (Å²) in [5.41, 5.74) is 6.87. The smallest absolute Gasteiger partial charge is 0.402 e. The van der Waals surface area contributed by atoms with Gasteiger partial charge in [-0.25, -0.2) is 19.5 Å². The van der Waals surface area contributed by atoms with Gasteiger partial charge >= 0.3 is 7.60 Å². The van der Waals surface area contributed by atoms with E-state index in [1.807, 2.05) is 30.3 Å². The molecule has 0 amide bonds. The van der Waals surface area contributed by atoms with Crippen LogP contribution in [0.4, 0.5) is 5.82 Å². The summed E-state index contributed by atoms with van der Waals surface area (Å²) in [6, 6.07) is 12.8. The minimum Gasteiger partial charge on any atom is -0.422 e. The van der Waals surface area contributed by atoms with Gasteiger partial charge in [0.25, 0.3) is 0 Å². The van der Waals surface area contributed by atoms with E-state index in [4.69, 9.17) is 15.0 Å². The molecule has 9 nitrogen and oxygen atoms in total. The molecule has 0 saturated heterocycles. The average Bonchev–Trinajstić information content (AvgIpc) is 3.11. The molecule has 4 aromatic rings. The molecule has 2 aromatic heterocycles. The van der Waals surface area contributed by atoms with Gasteiger partial charge in [-0.15, -0.1) is 0 Å². The molecule has 150 valence electrons. The first-order valence-corrected chi connectivity index (χ1v) is 10.7. The van der Waals surface area contributed by atoms with Crippen LogP contribution >= 0.6 is 7.60 Å². The summed E-state index contributed by atoms with van der Waals surface area (Å²) in [5.74, 6) is 0.642. The molecule has 0 aliphatic carbocycles. The van der Waals surface area contributed by atoms with Crippen molar-refractivity contribution in [2.75, 3.05) is 12.1 Å². The van der Waals surface area contributed by atoms with Crippen LogP contribution in [0.1, 0.15) is 6.92 Å². The molecule has 0 bridgehead atoms. The standard InChI is InChI=1S/C19H20N5O4P/c1-13(9-24-11-23-17-18(20)21-10-22-19(17)24)27-12-29(25,26)28-16-8-4-6-14-5-2-3-7-15(14)16/h2-8,10-11,13H,9,12H2,1H3,(H,25,26)(H2,20,21,22)/t13-/m1/s1. The van der Waals surface area contributed by atoms with Crippen molar-refractivity contribution < 1.29 is 18.7 Å². The number of nitrogens with zero attached hydrogens (tertiary/aromatic N) is 4. The van der Waals surface area contributed by atoms with Crippen molar-refractivity contribution in [2.24, 2.45) is 0 Å². The number of aromatic nitrogens is 4. The first-order valence-electron chi connectivity index (χ1n) is 8.95. The van der Waals surface area contributed by atoms with Gasteiger partial charge in [0.1, 0.15) is 17.6 Å². The van der Waals surface area contributed by atoms with E-state index in [1.165, 1.54) is 6.33 Å². The molecule has 0 radical (unpaired) electrons. The Labute approximate surface area is 166 Å². The van der Waals surface area contributed by atoms with Crippen LogP contribution in [-0.2, 0) is 15.8 Å². The third-order valence-electron chi connectivity index (χ3n) is 4.40. The predicted molar refractivity (Wildman–Crippen MR) is 110 cm³/mol. The molecular weight excluding hydrogens is 393 g/mol. The van der Waals surface area contributed by atoms with Gasteiger partial charge in [-0.1, -0.05) is 36.4 Å². The molecule has 29 heavy (non-hydrogen) atoms. The van der Waals surface area contributed by atoms with Crippen LogP contribution in [0.2, 0.25) is 0 Å². The molecule has 10 heteroatoms. The van der Waals surface area contributed by atoms with E-state index in [0.29, 0.717) is 29.3 Å². The van der Waals surface area contributed by atoms with Gasteiger partial charge in [-0.2, -0.15) is 0 Å². The summed E-state index contributed by atoms with van der Waals surface area (Å²) in [7, 11) is -4.01. The highest BCUT2D eigenvalue weighted by Gasteiger charge is 2.24. The van der Waals surface area contributed by atoms with Gasteiger partial charge in [0.2, 0.25) is 0 Å². The third-order valence-corrected chi connectivity index (χ3v) is 5.35. The summed E-state index contributed by atoms with van der Waals surface area (Å²) >= 11 is 0. The lowest BCUT2D eigenvalue weighted by Gasteiger charge is -2.18. The summed E-state index contributed by atoms with van der Waals surface area (Å²) in [6.07, 6.45) is 2.11. The van der Waals surface area contributed by atoms with Crippen LogP contribution in [0.15, 0.2) is 55.1 Å². The van der Waals surface area contributed by atoms with Crippen molar-refractivity contribution in [1.82, 2.24) is 19.5 Å². The van der Waals surface area contributed by atoms with E-state index in [1.54, 1.807) is 30.0 Å². The lowest BCUT2D eigenvalue weighted by Crippen LogP contribution is -2.18. The van der Waals surface area contributed by atoms with E-state index in [2.05, 4.69) is 15.0 Å². The molecule has 2 atom stereocenters. The number of hydrogen-bond acceptors (Lipinski definition) is 7. The van der Waals surface area contributed by atoms with Crippen molar-refractivity contribution in [3.8, 4) is 5.75 Å². The largest absolute Gasteiger partial charge is 0.422 e. The topological polar surface area (TPSA) is 125 Å². The Kier molecular flexibility index (Phi) is 5.19. The van der Waals surface area contributed by atoms with Gasteiger partial charge in [-0.05, 0) is 18.4 Å². The number of nitrogen functional groups attached to an aromatic ring is 1. The van der Waals surface area contributed by atoms with Crippen molar-refractivity contribution in [3.05, 3.63) is 55.1 Å². The van der Waals surface area contributed by atoms with Crippen molar-refractivity contribution in [3.63, 3.8) is 0 Å². The van der Waals surface area contributed by atoms with Crippen molar-refractivity contribution in [1.29, 1.82) is 0 Å². The number of benzene rings is 2. The second-order valence-corrected chi connectivity index (χ2v) is 8.36. The number of anilines is 1. The Morgan fingerprint density at radius 2 is 1.97 bits per heavy atom. The van der Waals surface area contributed by atoms with Crippen LogP contribution in [0.3, 0.4) is 0 Å². The Balaban J connectivity index is 1.42. The lowest BCUT2D eigenvalue weighted by molar-refractivity contribution is 0.0773. The number of ether oxygens (including phenoxy) is 1. The van der Waals surface area contributed by atoms with E-state index >= 15 is 0 Å². The van der Waals surface area contributed by atoms with E-state index in [9.17, 15) is 9.46 Å². The highest BCUT2D eigenvalue weighted by molar-refractivity contribution is 7.53. The number of nitrogens with two attached hydrogens (primary N) is 1. The normalized spacial score (nSPS) is 14.7. The van der Waals surface area contributed by atoms with Crippen LogP contribution in [0.5, 0.6) is 5.75 Å². The number of rotatable bonds is 7. The number of imidazole rings is 1. The molecule has 0 saturated carbocycles. The fourth-order valence-electron chi connectivity index (χ4n) is 3.04. The molecule has 3 N–H and O–H groups in total. The number of hydrogen-bond donors (Lipinski definition) is 2. The second kappa shape index (κ2) is 7.79. The predicted octanol–water partition coefficient (Wildman–Crippen LogP) is 3.19. The fourth-order valence-corrected chi connectivity index (χ4v) is 4.00. The number of fused-ring (bicyclic) bond motifs is 2. The maximum atomic E-state index is 12.5. The molecule has 0 aliphatic rings. The van der Waals surface area contributed by atoms with E-state index in [-0.39, 0.29) is 6.10 Å². The third kappa shape index (κ3) is 4.22. The fraction of sp³-hybridized carbons (Fsp3) is 0.211. The molecule has 0 spiro atoms. The summed E-state index contributed by atoms with van der Waals surface area (Å²) in [4.78, 5) is 22.5. The summed E-state index contributed by atoms with van der Waals surface area (Å²) in [5, 5.41) is 1.69. The molecule has 4 rings (SSSR count). The molecule has 2 heterocycles. The molecule has 0 fully saturated rings.